The number of halogens is 1. The van der Waals surface area contributed by atoms with Crippen LogP contribution < -0.4 is 4.74 Å². The highest BCUT2D eigenvalue weighted by molar-refractivity contribution is 6.31. The lowest BCUT2D eigenvalue weighted by Gasteiger charge is -2.28. The van der Waals surface area contributed by atoms with Gasteiger partial charge in [-0.15, -0.1) is 0 Å². The first-order chi connectivity index (χ1) is 13.9. The molecule has 0 radical (unpaired) electrons. The largest absolute Gasteiger partial charge is 0.496 e. The molecule has 0 aromatic heterocycles. The maximum Gasteiger partial charge on any atom is 0.258 e. The van der Waals surface area contributed by atoms with Crippen molar-refractivity contribution in [3.8, 4) is 5.75 Å². The quantitative estimate of drug-likeness (QED) is 0.712. The fraction of sp³-hybridized carbons (Fsp3) is 0.391. The molecule has 1 aliphatic rings. The molecular weight excluding hydrogens is 388 g/mol. The van der Waals surface area contributed by atoms with E-state index >= 15 is 0 Å². The van der Waals surface area contributed by atoms with Gasteiger partial charge in [0.05, 0.1) is 12.7 Å². The molecule has 0 spiro atoms. The Kier molecular flexibility index (Phi) is 6.80. The Balaban J connectivity index is 1.74. The van der Waals surface area contributed by atoms with E-state index in [0.29, 0.717) is 35.8 Å². The van der Waals surface area contributed by atoms with Crippen LogP contribution in [0.25, 0.3) is 0 Å². The van der Waals surface area contributed by atoms with Gasteiger partial charge >= 0.3 is 0 Å². The Morgan fingerprint density at radius 3 is 2.52 bits per heavy atom. The van der Waals surface area contributed by atoms with Gasteiger partial charge in [-0.25, -0.2) is 0 Å². The van der Waals surface area contributed by atoms with E-state index in [1.807, 2.05) is 0 Å². The van der Waals surface area contributed by atoms with E-state index in [-0.39, 0.29) is 11.8 Å². The summed E-state index contributed by atoms with van der Waals surface area (Å²) in [6.45, 7) is 3.18. The van der Waals surface area contributed by atoms with Gasteiger partial charge < -0.3 is 14.5 Å². The van der Waals surface area contributed by atoms with E-state index < -0.39 is 6.04 Å². The molecule has 0 bridgehead atoms. The summed E-state index contributed by atoms with van der Waals surface area (Å²) in [5.74, 6) is 0.194. The van der Waals surface area contributed by atoms with Gasteiger partial charge in [-0.2, -0.15) is 0 Å². The molecule has 1 fully saturated rings. The highest BCUT2D eigenvalue weighted by Gasteiger charge is 2.37. The molecule has 0 aliphatic carbocycles. The third kappa shape index (κ3) is 4.73. The first kappa shape index (κ1) is 21.2. The Morgan fingerprint density at radius 1 is 1.17 bits per heavy atom. The maximum atomic E-state index is 13.2. The van der Waals surface area contributed by atoms with Crippen molar-refractivity contribution in [3.63, 3.8) is 0 Å². The summed E-state index contributed by atoms with van der Waals surface area (Å²) in [4.78, 5) is 29.6. The fourth-order valence-corrected chi connectivity index (χ4v) is 3.93. The van der Waals surface area contributed by atoms with Gasteiger partial charge in [0.2, 0.25) is 5.91 Å². The van der Waals surface area contributed by atoms with Crippen LogP contribution in [0.5, 0.6) is 5.75 Å². The molecule has 1 heterocycles. The number of methoxy groups -OCH3 is 1. The standard InChI is InChI=1S/C23H27ClN2O3/c1-4-16-7-9-17(10-8-16)15-25(2)23(28)20-6-5-13-26(20)22(27)19-14-18(24)11-12-21(19)29-3/h7-12,14,20H,4-6,13,15H2,1-3H3. The topological polar surface area (TPSA) is 49.9 Å². The molecule has 154 valence electrons. The van der Waals surface area contributed by atoms with Crippen LogP contribution >= 0.6 is 11.6 Å². The number of hydrogen-bond acceptors (Lipinski definition) is 3. The number of benzene rings is 2. The lowest BCUT2D eigenvalue weighted by Crippen LogP contribution is -2.46. The van der Waals surface area contributed by atoms with Crippen molar-refractivity contribution in [2.75, 3.05) is 20.7 Å². The van der Waals surface area contributed by atoms with Crippen LogP contribution in [0.4, 0.5) is 0 Å². The molecule has 0 saturated carbocycles. The zero-order chi connectivity index (χ0) is 21.0. The average molecular weight is 415 g/mol. The normalized spacial score (nSPS) is 16.0. The minimum atomic E-state index is -0.467. The van der Waals surface area contributed by atoms with Crippen LogP contribution in [0.3, 0.4) is 0 Å². The fourth-order valence-electron chi connectivity index (χ4n) is 3.76. The summed E-state index contributed by atoms with van der Waals surface area (Å²) in [6.07, 6.45) is 2.44. The molecule has 29 heavy (non-hydrogen) atoms. The average Bonchev–Trinajstić information content (AvgIpc) is 3.23. The van der Waals surface area contributed by atoms with Crippen molar-refractivity contribution in [2.45, 2.75) is 38.8 Å². The third-order valence-electron chi connectivity index (χ3n) is 5.42. The Morgan fingerprint density at radius 2 is 1.86 bits per heavy atom. The number of carbonyl (C=O) groups excluding carboxylic acids is 2. The minimum Gasteiger partial charge on any atom is -0.496 e. The molecule has 1 unspecified atom stereocenters. The molecule has 3 rings (SSSR count). The van der Waals surface area contributed by atoms with E-state index in [0.717, 1.165) is 18.4 Å². The van der Waals surface area contributed by atoms with Crippen LogP contribution in [0, 0.1) is 0 Å². The number of aryl methyl sites for hydroxylation is 1. The molecule has 0 N–H and O–H groups in total. The molecular formula is C23H27ClN2O3. The number of carbonyl (C=O) groups is 2. The van der Waals surface area contributed by atoms with Crippen molar-refractivity contribution in [1.82, 2.24) is 9.80 Å². The number of ether oxygens (including phenoxy) is 1. The Labute approximate surface area is 177 Å². The predicted octanol–water partition coefficient (Wildman–Crippen LogP) is 4.17. The van der Waals surface area contributed by atoms with Gasteiger partial charge in [0.25, 0.3) is 5.91 Å². The molecule has 2 aromatic rings. The number of likely N-dealkylation sites (tertiary alicyclic amines) is 1. The number of nitrogens with zero attached hydrogens (tertiary/aromatic N) is 2. The number of amides is 2. The van der Waals surface area contributed by atoms with Crippen molar-refractivity contribution in [2.24, 2.45) is 0 Å². The summed E-state index contributed by atoms with van der Waals surface area (Å²) in [6, 6.07) is 12.8. The first-order valence-electron chi connectivity index (χ1n) is 9.92. The lowest BCUT2D eigenvalue weighted by atomic mass is 10.1. The van der Waals surface area contributed by atoms with E-state index in [1.54, 1.807) is 35.0 Å². The zero-order valence-electron chi connectivity index (χ0n) is 17.2. The minimum absolute atomic E-state index is 0.0450. The van der Waals surface area contributed by atoms with E-state index in [4.69, 9.17) is 16.3 Å². The van der Waals surface area contributed by atoms with Crippen molar-refractivity contribution < 1.29 is 14.3 Å². The summed E-state index contributed by atoms with van der Waals surface area (Å²) < 4.78 is 5.32. The van der Waals surface area contributed by atoms with Crippen molar-refractivity contribution in [1.29, 1.82) is 0 Å². The van der Waals surface area contributed by atoms with Gasteiger partial charge in [-0.05, 0) is 48.6 Å². The Hall–Kier alpha value is -2.53. The smallest absolute Gasteiger partial charge is 0.258 e. The molecule has 5 nitrogen and oxygen atoms in total. The van der Waals surface area contributed by atoms with E-state index in [1.165, 1.54) is 12.7 Å². The van der Waals surface area contributed by atoms with Gasteiger partial charge in [-0.3, -0.25) is 9.59 Å². The molecule has 2 aromatic carbocycles. The molecule has 2 amide bonds. The van der Waals surface area contributed by atoms with Crippen LogP contribution in [-0.2, 0) is 17.8 Å². The zero-order valence-corrected chi connectivity index (χ0v) is 17.9. The predicted molar refractivity (Wildman–Crippen MR) is 114 cm³/mol. The van der Waals surface area contributed by atoms with Crippen LogP contribution in [0.1, 0.15) is 41.3 Å². The van der Waals surface area contributed by atoms with E-state index in [2.05, 4.69) is 31.2 Å². The highest BCUT2D eigenvalue weighted by Crippen LogP contribution is 2.28. The molecule has 1 saturated heterocycles. The number of rotatable bonds is 6. The number of hydrogen-bond donors (Lipinski definition) is 0. The number of likely N-dealkylation sites (N-methyl/N-ethyl adjacent to an activating group) is 1. The van der Waals surface area contributed by atoms with Gasteiger partial charge in [-0.1, -0.05) is 42.8 Å². The second kappa shape index (κ2) is 9.31. The van der Waals surface area contributed by atoms with Gasteiger partial charge in [0.1, 0.15) is 11.8 Å². The summed E-state index contributed by atoms with van der Waals surface area (Å²) >= 11 is 6.08. The van der Waals surface area contributed by atoms with E-state index in [9.17, 15) is 9.59 Å². The van der Waals surface area contributed by atoms with Crippen molar-refractivity contribution in [3.05, 3.63) is 64.2 Å². The first-order valence-corrected chi connectivity index (χ1v) is 10.3. The van der Waals surface area contributed by atoms with Gasteiger partial charge in [0, 0.05) is 25.2 Å². The third-order valence-corrected chi connectivity index (χ3v) is 5.65. The Bertz CT molecular complexity index is 882. The second-order valence-corrected chi connectivity index (χ2v) is 7.80. The van der Waals surface area contributed by atoms with Gasteiger partial charge in [0.15, 0.2) is 0 Å². The van der Waals surface area contributed by atoms with Crippen LogP contribution in [-0.4, -0.2) is 48.4 Å². The lowest BCUT2D eigenvalue weighted by molar-refractivity contribution is -0.134. The molecule has 6 heteroatoms. The SMILES string of the molecule is CCc1ccc(CN(C)C(=O)C2CCCN2C(=O)c2cc(Cl)ccc2OC)cc1. The van der Waals surface area contributed by atoms with Crippen LogP contribution in [0.15, 0.2) is 42.5 Å². The highest BCUT2D eigenvalue weighted by atomic mass is 35.5. The van der Waals surface area contributed by atoms with Crippen LogP contribution in [0.2, 0.25) is 5.02 Å². The second-order valence-electron chi connectivity index (χ2n) is 7.37. The monoisotopic (exact) mass is 414 g/mol. The molecule has 1 atom stereocenters. The van der Waals surface area contributed by atoms with Crippen molar-refractivity contribution >= 4 is 23.4 Å². The summed E-state index contributed by atoms with van der Waals surface area (Å²) in [5, 5.41) is 0.462. The molecule has 1 aliphatic heterocycles. The maximum absolute atomic E-state index is 13.2. The summed E-state index contributed by atoms with van der Waals surface area (Å²) in [5.41, 5.74) is 2.73. The summed E-state index contributed by atoms with van der Waals surface area (Å²) in [7, 11) is 3.31.